The zero-order valence-corrected chi connectivity index (χ0v) is 21.8. The van der Waals surface area contributed by atoms with Crippen LogP contribution in [-0.4, -0.2) is 63.6 Å². The molecule has 8 heteroatoms. The van der Waals surface area contributed by atoms with Gasteiger partial charge in [-0.2, -0.15) is 0 Å². The van der Waals surface area contributed by atoms with Gasteiger partial charge in [0.15, 0.2) is 17.0 Å². The maximum atomic E-state index is 13.9. The van der Waals surface area contributed by atoms with Crippen molar-refractivity contribution in [3.63, 3.8) is 0 Å². The molecule has 4 rings (SSSR count). The van der Waals surface area contributed by atoms with E-state index in [4.69, 9.17) is 14.2 Å². The smallest absolute Gasteiger partial charge is 0.333 e. The van der Waals surface area contributed by atoms with Crippen molar-refractivity contribution < 1.29 is 38.8 Å². The molecule has 1 heterocycles. The summed E-state index contributed by atoms with van der Waals surface area (Å²) < 4.78 is 17.7. The summed E-state index contributed by atoms with van der Waals surface area (Å²) in [5.41, 5.74) is -2.11. The molecule has 194 valence electrons. The zero-order valence-electron chi connectivity index (χ0n) is 21.8. The molecule has 0 bridgehead atoms. The highest BCUT2D eigenvalue weighted by Crippen LogP contribution is 2.68. The summed E-state index contributed by atoms with van der Waals surface area (Å²) in [4.78, 5) is 38.9. The number of ketones is 1. The molecule has 3 aliphatic carbocycles. The van der Waals surface area contributed by atoms with Gasteiger partial charge in [-0.15, -0.1) is 0 Å². The molecule has 8 nitrogen and oxygen atoms in total. The van der Waals surface area contributed by atoms with Crippen molar-refractivity contribution >= 4 is 17.7 Å². The van der Waals surface area contributed by atoms with Gasteiger partial charge in [0, 0.05) is 24.3 Å². The van der Waals surface area contributed by atoms with Crippen molar-refractivity contribution in [3.05, 3.63) is 23.3 Å². The van der Waals surface area contributed by atoms with Crippen LogP contribution in [0.5, 0.6) is 0 Å². The largest absolute Gasteiger partial charge is 0.461 e. The van der Waals surface area contributed by atoms with Gasteiger partial charge in [0.25, 0.3) is 0 Å². The molecule has 0 aromatic carbocycles. The predicted octanol–water partition coefficient (Wildman–Crippen LogP) is 2.50. The van der Waals surface area contributed by atoms with Crippen molar-refractivity contribution in [1.82, 2.24) is 0 Å². The number of carbonyl (C=O) groups is 3. The van der Waals surface area contributed by atoms with Crippen LogP contribution in [0.15, 0.2) is 23.3 Å². The van der Waals surface area contributed by atoms with Gasteiger partial charge >= 0.3 is 11.9 Å². The van der Waals surface area contributed by atoms with Crippen LogP contribution >= 0.6 is 0 Å². The summed E-state index contributed by atoms with van der Waals surface area (Å²) >= 11 is 0. The summed E-state index contributed by atoms with van der Waals surface area (Å²) in [6, 6.07) is 0. The van der Waals surface area contributed by atoms with E-state index in [1.165, 1.54) is 6.92 Å². The molecular weight excluding hydrogens is 452 g/mol. The molecule has 1 aliphatic heterocycles. The minimum absolute atomic E-state index is 0.202. The number of hydrogen-bond donors (Lipinski definition) is 2. The molecule has 10 atom stereocenters. The predicted molar refractivity (Wildman–Crippen MR) is 126 cm³/mol. The van der Waals surface area contributed by atoms with Crippen molar-refractivity contribution in [2.45, 2.75) is 97.4 Å². The monoisotopic (exact) mass is 490 g/mol. The normalized spacial score (nSPS) is 47.8. The van der Waals surface area contributed by atoms with Crippen LogP contribution in [0.2, 0.25) is 0 Å². The van der Waals surface area contributed by atoms with Crippen LogP contribution in [0.4, 0.5) is 0 Å². The summed E-state index contributed by atoms with van der Waals surface area (Å²) in [5, 5.41) is 22.5. The van der Waals surface area contributed by atoms with Gasteiger partial charge in [-0.05, 0) is 50.2 Å². The maximum Gasteiger partial charge on any atom is 0.333 e. The second-order valence-corrected chi connectivity index (χ2v) is 11.6. The van der Waals surface area contributed by atoms with Gasteiger partial charge in [-0.1, -0.05) is 33.8 Å². The molecule has 4 aliphatic rings. The number of carbonyl (C=O) groups excluding carboxylic acids is 3. The number of aliphatic hydroxyl groups is 2. The molecule has 1 saturated heterocycles. The van der Waals surface area contributed by atoms with E-state index in [2.05, 4.69) is 0 Å². The lowest BCUT2D eigenvalue weighted by Crippen LogP contribution is -2.43. The minimum atomic E-state index is -1.26. The topological polar surface area (TPSA) is 123 Å². The molecule has 2 N–H and O–H groups in total. The van der Waals surface area contributed by atoms with Gasteiger partial charge in [-0.25, -0.2) is 4.79 Å². The third-order valence-corrected chi connectivity index (χ3v) is 9.05. The number of hydrogen-bond acceptors (Lipinski definition) is 8. The fraction of sp³-hybridized carbons (Fsp3) is 0.741. The standard InChI is InChI=1S/C27H38O8/c1-9-12(2)24(32)34-21-18-17(25(18,7)8)20(33-16(6)28)15(5)23(31)27-11-14(4)22(30)26(27,35-27)10-13(3)19(21)29/h9-10,14-15,17-22,29-30H,11H2,1-8H3/b12-9+,13-10+/t14-,15-,17-,18+,19+,20-,21+,22-,26-,27-/m0/s1. The van der Waals surface area contributed by atoms with Crippen LogP contribution in [0.3, 0.4) is 0 Å². The van der Waals surface area contributed by atoms with E-state index < -0.39 is 58.9 Å². The third-order valence-electron chi connectivity index (χ3n) is 9.05. The van der Waals surface area contributed by atoms with Crippen molar-refractivity contribution in [2.75, 3.05) is 0 Å². The third kappa shape index (κ3) is 3.63. The number of Topliss-reactive ketones (excluding diaryl/α,β-unsaturated/α-hetero) is 1. The number of allylic oxidation sites excluding steroid dienone is 1. The Labute approximate surface area is 206 Å². The fourth-order valence-electron chi connectivity index (χ4n) is 6.85. The van der Waals surface area contributed by atoms with Crippen LogP contribution in [-0.2, 0) is 28.6 Å². The van der Waals surface area contributed by atoms with Gasteiger partial charge < -0.3 is 24.4 Å². The number of esters is 2. The molecule has 0 radical (unpaired) electrons. The molecule has 2 saturated carbocycles. The Balaban J connectivity index is 1.85. The van der Waals surface area contributed by atoms with E-state index in [0.29, 0.717) is 17.6 Å². The van der Waals surface area contributed by atoms with Crippen molar-refractivity contribution in [2.24, 2.45) is 29.1 Å². The number of epoxide rings is 1. The number of aliphatic hydroxyl groups excluding tert-OH is 2. The van der Waals surface area contributed by atoms with E-state index in [9.17, 15) is 24.6 Å². The lowest BCUT2D eigenvalue weighted by molar-refractivity contribution is -0.157. The van der Waals surface area contributed by atoms with Crippen LogP contribution in [0.25, 0.3) is 0 Å². The van der Waals surface area contributed by atoms with Gasteiger partial charge in [0.1, 0.15) is 18.3 Å². The molecule has 0 unspecified atom stereocenters. The lowest BCUT2D eigenvalue weighted by Gasteiger charge is -2.28. The van der Waals surface area contributed by atoms with E-state index in [1.54, 1.807) is 39.8 Å². The van der Waals surface area contributed by atoms with Crippen LogP contribution in [0.1, 0.15) is 61.8 Å². The minimum Gasteiger partial charge on any atom is -0.461 e. The Hall–Kier alpha value is -2.03. The highest BCUT2D eigenvalue weighted by molar-refractivity contribution is 5.96. The van der Waals surface area contributed by atoms with E-state index in [0.717, 1.165) is 0 Å². The first-order chi connectivity index (χ1) is 16.2. The SMILES string of the molecule is C/C=C(\C)C(=O)O[C@@H]1[C@H]2[C@@H]([C@@H](OC(C)=O)[C@H](C)C(=O)[C@@]34C[C@H](C)[C@H](O)[C@]3(/C=C(\C)[C@H]1O)O4)C2(C)C. The maximum absolute atomic E-state index is 13.9. The number of ether oxygens (including phenoxy) is 3. The Morgan fingerprint density at radius 1 is 1.11 bits per heavy atom. The highest BCUT2D eigenvalue weighted by Gasteiger charge is 2.82. The molecule has 0 spiro atoms. The van der Waals surface area contributed by atoms with Gasteiger partial charge in [0.05, 0.1) is 12.0 Å². The number of rotatable bonds is 3. The molecule has 0 aromatic rings. The van der Waals surface area contributed by atoms with Crippen molar-refractivity contribution in [1.29, 1.82) is 0 Å². The van der Waals surface area contributed by atoms with Gasteiger partial charge in [-0.3, -0.25) is 9.59 Å². The van der Waals surface area contributed by atoms with E-state index in [1.807, 2.05) is 20.8 Å². The first kappa shape index (κ1) is 26.0. The number of fused-ring (bicyclic) bond motifs is 1. The summed E-state index contributed by atoms with van der Waals surface area (Å²) in [6.45, 7) is 13.9. The Morgan fingerprint density at radius 2 is 1.71 bits per heavy atom. The second kappa shape index (κ2) is 8.25. The summed E-state index contributed by atoms with van der Waals surface area (Å²) in [6.07, 6.45) is -0.241. The lowest BCUT2D eigenvalue weighted by atomic mass is 9.80. The Morgan fingerprint density at radius 3 is 2.29 bits per heavy atom. The van der Waals surface area contributed by atoms with Crippen LogP contribution in [0, 0.1) is 29.1 Å². The average molecular weight is 491 g/mol. The molecule has 0 amide bonds. The molecule has 3 fully saturated rings. The fourth-order valence-corrected chi connectivity index (χ4v) is 6.85. The molecular formula is C27H38O8. The Kier molecular flexibility index (Phi) is 6.14. The quantitative estimate of drug-likeness (QED) is 0.268. The summed E-state index contributed by atoms with van der Waals surface area (Å²) in [7, 11) is 0. The Bertz CT molecular complexity index is 1010. The second-order valence-electron chi connectivity index (χ2n) is 11.6. The molecule has 0 aromatic heterocycles. The van der Waals surface area contributed by atoms with Gasteiger partial charge in [0.2, 0.25) is 0 Å². The van der Waals surface area contributed by atoms with E-state index in [-0.39, 0.29) is 23.5 Å². The first-order valence-corrected chi connectivity index (χ1v) is 12.5. The first-order valence-electron chi connectivity index (χ1n) is 12.5. The molecule has 35 heavy (non-hydrogen) atoms. The van der Waals surface area contributed by atoms with E-state index >= 15 is 0 Å². The average Bonchev–Trinajstić information content (AvgIpc) is 3.58. The highest BCUT2D eigenvalue weighted by atomic mass is 16.7. The van der Waals surface area contributed by atoms with Crippen molar-refractivity contribution in [3.8, 4) is 0 Å². The van der Waals surface area contributed by atoms with Crippen LogP contribution < -0.4 is 0 Å². The zero-order chi connectivity index (χ0) is 26.2. The summed E-state index contributed by atoms with van der Waals surface area (Å²) in [5.74, 6) is -2.88.